The number of aromatic nitrogens is 2. The molecule has 2 saturated heterocycles. The molecule has 2 fully saturated rings. The summed E-state index contributed by atoms with van der Waals surface area (Å²) in [6.07, 6.45) is 0.353. The van der Waals surface area contributed by atoms with E-state index in [0.29, 0.717) is 11.6 Å². The van der Waals surface area contributed by atoms with Crippen molar-refractivity contribution in [1.29, 1.82) is 0 Å². The minimum atomic E-state index is -5.08. The number of hydrogen-bond donors (Lipinski definition) is 1. The Hall–Kier alpha value is -2.86. The van der Waals surface area contributed by atoms with Crippen LogP contribution in [0.1, 0.15) is 29.1 Å². The van der Waals surface area contributed by atoms with Gasteiger partial charge in [0.2, 0.25) is 0 Å². The van der Waals surface area contributed by atoms with Crippen molar-refractivity contribution < 1.29 is 37.0 Å². The number of hydrogen-bond acceptors (Lipinski definition) is 6. The van der Waals surface area contributed by atoms with Crippen LogP contribution >= 0.6 is 0 Å². The molecule has 0 aliphatic carbocycles. The molecule has 4 rings (SSSR count). The first-order valence-corrected chi connectivity index (χ1v) is 10.9. The first-order chi connectivity index (χ1) is 16.1. The zero-order valence-electron chi connectivity index (χ0n) is 19.1. The molecule has 188 valence electrons. The molecule has 0 aromatic carbocycles. The van der Waals surface area contributed by atoms with Gasteiger partial charge in [-0.1, -0.05) is 0 Å². The van der Waals surface area contributed by atoms with Gasteiger partial charge in [-0.05, 0) is 36.5 Å². The summed E-state index contributed by atoms with van der Waals surface area (Å²) in [6.45, 7) is 5.24. The number of alkyl halides is 3. The number of carbonyl (C=O) groups is 2. The number of furan rings is 1. The number of ether oxygens (including phenoxy) is 1. The van der Waals surface area contributed by atoms with Crippen molar-refractivity contribution in [2.24, 2.45) is 18.4 Å². The van der Waals surface area contributed by atoms with Crippen molar-refractivity contribution in [2.75, 3.05) is 39.9 Å². The summed E-state index contributed by atoms with van der Waals surface area (Å²) in [5.41, 5.74) is 0.872. The van der Waals surface area contributed by atoms with Crippen LogP contribution in [-0.2, 0) is 23.1 Å². The largest absolute Gasteiger partial charge is 0.490 e. The van der Waals surface area contributed by atoms with Crippen LogP contribution in [0.5, 0.6) is 0 Å². The first-order valence-electron chi connectivity index (χ1n) is 10.9. The maximum absolute atomic E-state index is 12.8. The molecule has 0 bridgehead atoms. The number of amides is 1. The van der Waals surface area contributed by atoms with E-state index in [9.17, 15) is 18.0 Å². The lowest BCUT2D eigenvalue weighted by atomic mass is 9.71. The van der Waals surface area contributed by atoms with Crippen LogP contribution in [0.2, 0.25) is 0 Å². The Balaban J connectivity index is 0.000000406. The second-order valence-electron chi connectivity index (χ2n) is 8.70. The normalized spacial score (nSPS) is 20.3. The summed E-state index contributed by atoms with van der Waals surface area (Å²) in [7, 11) is 3.60. The predicted octanol–water partition coefficient (Wildman–Crippen LogP) is 2.65. The monoisotopic (exact) mass is 486 g/mol. The molecule has 1 atom stereocenters. The molecule has 12 heteroatoms. The van der Waals surface area contributed by atoms with Gasteiger partial charge in [-0.3, -0.25) is 14.4 Å². The van der Waals surface area contributed by atoms with Crippen molar-refractivity contribution in [3.8, 4) is 0 Å². The number of halogens is 3. The Labute approximate surface area is 195 Å². The zero-order valence-corrected chi connectivity index (χ0v) is 19.1. The Kier molecular flexibility index (Phi) is 8.03. The van der Waals surface area contributed by atoms with Crippen molar-refractivity contribution in [3.63, 3.8) is 0 Å². The summed E-state index contributed by atoms with van der Waals surface area (Å²) in [4.78, 5) is 26.1. The number of rotatable bonds is 5. The van der Waals surface area contributed by atoms with Gasteiger partial charge in [-0.2, -0.15) is 18.3 Å². The van der Waals surface area contributed by atoms with Crippen LogP contribution < -0.4 is 0 Å². The molecule has 1 unspecified atom stereocenters. The van der Waals surface area contributed by atoms with Gasteiger partial charge >= 0.3 is 12.1 Å². The van der Waals surface area contributed by atoms with Crippen LogP contribution in [-0.4, -0.2) is 82.6 Å². The summed E-state index contributed by atoms with van der Waals surface area (Å²) in [5, 5.41) is 11.2. The molecule has 34 heavy (non-hydrogen) atoms. The molecule has 1 N–H and O–H groups in total. The van der Waals surface area contributed by atoms with Gasteiger partial charge in [0, 0.05) is 52.5 Å². The fraction of sp³-hybridized carbons (Fsp3) is 0.591. The molecule has 2 aromatic rings. The standard InChI is InChI=1S/C20H28N4O3.C2HF3O2/c1-22-18(5-8-21-22)19(25)24-9-6-20(7-10-24)15-23(12-16(20)14-26-2)13-17-4-3-11-27-17;3-2(4,5)1(6)7/h3-5,8,11,16H,6-7,9-10,12-15H2,1-2H3;(H,6,7). The maximum atomic E-state index is 12.8. The third kappa shape index (κ3) is 5.98. The topological polar surface area (TPSA) is 101 Å². The van der Waals surface area contributed by atoms with E-state index in [2.05, 4.69) is 10.00 Å². The van der Waals surface area contributed by atoms with Crippen LogP contribution in [0.15, 0.2) is 35.1 Å². The number of methoxy groups -OCH3 is 1. The van der Waals surface area contributed by atoms with Crippen molar-refractivity contribution >= 4 is 11.9 Å². The SMILES string of the molecule is COCC1CN(Cc2ccco2)CC12CCN(C(=O)c1ccnn1C)CC2.O=C(O)C(F)(F)F. The van der Waals surface area contributed by atoms with E-state index in [-0.39, 0.29) is 11.3 Å². The van der Waals surface area contributed by atoms with E-state index in [4.69, 9.17) is 19.1 Å². The molecule has 9 nitrogen and oxygen atoms in total. The number of aliphatic carboxylic acids is 1. The van der Waals surface area contributed by atoms with E-state index in [0.717, 1.165) is 57.9 Å². The van der Waals surface area contributed by atoms with Gasteiger partial charge in [0.05, 0.1) is 19.4 Å². The van der Waals surface area contributed by atoms with E-state index >= 15 is 0 Å². The van der Waals surface area contributed by atoms with Crippen molar-refractivity contribution in [3.05, 3.63) is 42.1 Å². The van der Waals surface area contributed by atoms with Gasteiger partial charge in [0.1, 0.15) is 11.5 Å². The summed E-state index contributed by atoms with van der Waals surface area (Å²) < 4.78 is 44.5. The molecular weight excluding hydrogens is 457 g/mol. The van der Waals surface area contributed by atoms with Gasteiger partial charge in [0.25, 0.3) is 5.91 Å². The minimum absolute atomic E-state index is 0.0820. The fourth-order valence-electron chi connectivity index (χ4n) is 4.79. The Morgan fingerprint density at radius 3 is 2.47 bits per heavy atom. The van der Waals surface area contributed by atoms with Crippen LogP contribution in [0, 0.1) is 11.3 Å². The molecule has 1 spiro atoms. The van der Waals surface area contributed by atoms with Crippen molar-refractivity contribution in [1.82, 2.24) is 19.6 Å². The maximum Gasteiger partial charge on any atom is 0.490 e. The molecule has 2 aliphatic rings. The highest BCUT2D eigenvalue weighted by molar-refractivity contribution is 5.92. The number of carboxylic acids is 1. The Bertz CT molecular complexity index is 952. The second-order valence-corrected chi connectivity index (χ2v) is 8.70. The average molecular weight is 486 g/mol. The molecule has 4 heterocycles. The summed E-state index contributed by atoms with van der Waals surface area (Å²) >= 11 is 0. The van der Waals surface area contributed by atoms with Gasteiger partial charge in [-0.15, -0.1) is 0 Å². The lowest BCUT2D eigenvalue weighted by molar-refractivity contribution is -0.192. The number of carboxylic acid groups (broad SMARTS) is 1. The number of piperidine rings is 1. The Morgan fingerprint density at radius 1 is 1.29 bits per heavy atom. The number of nitrogens with zero attached hydrogens (tertiary/aromatic N) is 4. The van der Waals surface area contributed by atoms with E-state index < -0.39 is 12.1 Å². The van der Waals surface area contributed by atoms with Gasteiger partial charge < -0.3 is 19.2 Å². The highest BCUT2D eigenvalue weighted by Gasteiger charge is 2.48. The molecule has 1 amide bonds. The van der Waals surface area contributed by atoms with E-state index in [1.807, 2.05) is 24.1 Å². The second kappa shape index (κ2) is 10.6. The van der Waals surface area contributed by atoms with Crippen LogP contribution in [0.25, 0.3) is 0 Å². The number of aryl methyl sites for hydroxylation is 1. The quantitative estimate of drug-likeness (QED) is 0.694. The fourth-order valence-corrected chi connectivity index (χ4v) is 4.79. The van der Waals surface area contributed by atoms with Crippen molar-refractivity contribution in [2.45, 2.75) is 25.6 Å². The van der Waals surface area contributed by atoms with Crippen LogP contribution in [0.4, 0.5) is 13.2 Å². The third-order valence-electron chi connectivity index (χ3n) is 6.54. The minimum Gasteiger partial charge on any atom is -0.475 e. The highest BCUT2D eigenvalue weighted by Crippen LogP contribution is 2.45. The highest BCUT2D eigenvalue weighted by atomic mass is 19.4. The number of carbonyl (C=O) groups excluding carboxylic acids is 1. The number of likely N-dealkylation sites (tertiary alicyclic amines) is 2. The lowest BCUT2D eigenvalue weighted by Gasteiger charge is -2.42. The Morgan fingerprint density at radius 2 is 1.97 bits per heavy atom. The molecule has 0 radical (unpaired) electrons. The molecule has 2 aliphatic heterocycles. The zero-order chi connectivity index (χ0) is 24.9. The third-order valence-corrected chi connectivity index (χ3v) is 6.54. The van der Waals surface area contributed by atoms with E-state index in [1.165, 1.54) is 0 Å². The summed E-state index contributed by atoms with van der Waals surface area (Å²) in [5.74, 6) is -1.18. The lowest BCUT2D eigenvalue weighted by Crippen LogP contribution is -2.47. The first kappa shape index (κ1) is 25.8. The van der Waals surface area contributed by atoms with E-state index in [1.54, 1.807) is 30.3 Å². The molecular formula is C22H29F3N4O5. The molecule has 0 saturated carbocycles. The van der Waals surface area contributed by atoms with Gasteiger partial charge in [0.15, 0.2) is 0 Å². The molecule has 2 aromatic heterocycles. The smallest absolute Gasteiger partial charge is 0.475 e. The van der Waals surface area contributed by atoms with Crippen LogP contribution in [0.3, 0.4) is 0 Å². The summed E-state index contributed by atoms with van der Waals surface area (Å²) in [6, 6.07) is 5.77. The predicted molar refractivity (Wildman–Crippen MR) is 114 cm³/mol. The average Bonchev–Trinajstić information content (AvgIpc) is 3.51. The van der Waals surface area contributed by atoms with Gasteiger partial charge in [-0.25, -0.2) is 4.79 Å².